The third kappa shape index (κ3) is 5.02. The Morgan fingerprint density at radius 1 is 1.15 bits per heavy atom. The highest BCUT2D eigenvalue weighted by Crippen LogP contribution is 2.35. The highest BCUT2D eigenvalue weighted by Gasteiger charge is 2.42. The third-order valence-electron chi connectivity index (χ3n) is 3.57. The van der Waals surface area contributed by atoms with E-state index in [9.17, 15) is 22.8 Å². The summed E-state index contributed by atoms with van der Waals surface area (Å²) in [4.78, 5) is 24.1. The van der Waals surface area contributed by atoms with E-state index < -0.39 is 23.5 Å². The van der Waals surface area contributed by atoms with Gasteiger partial charge in [-0.2, -0.15) is 13.2 Å². The van der Waals surface area contributed by atoms with Gasteiger partial charge in [0.2, 0.25) is 5.91 Å². The van der Waals surface area contributed by atoms with Gasteiger partial charge in [-0.1, -0.05) is 13.8 Å². The summed E-state index contributed by atoms with van der Waals surface area (Å²) in [6, 6.07) is 0. The van der Waals surface area contributed by atoms with Crippen LogP contribution < -0.4 is 0 Å². The average Bonchev–Trinajstić information content (AvgIpc) is 2.25. The van der Waals surface area contributed by atoms with Gasteiger partial charge in [-0.25, -0.2) is 0 Å². The van der Waals surface area contributed by atoms with E-state index >= 15 is 0 Å². The number of nitrogens with zero attached hydrogens (tertiary/aromatic N) is 1. The summed E-state index contributed by atoms with van der Waals surface area (Å²) >= 11 is 0. The lowest BCUT2D eigenvalue weighted by Crippen LogP contribution is -2.43. The van der Waals surface area contributed by atoms with Gasteiger partial charge in [0.1, 0.15) is 0 Å². The molecule has 7 heteroatoms. The minimum absolute atomic E-state index is 0.0377. The number of carbonyl (C=O) groups is 2. The smallest absolute Gasteiger partial charge is 0.391 e. The molecule has 1 fully saturated rings. The molecule has 0 aromatic carbocycles. The van der Waals surface area contributed by atoms with Crippen molar-refractivity contribution in [2.45, 2.75) is 45.7 Å². The molecule has 4 nitrogen and oxygen atoms in total. The first-order valence-electron chi connectivity index (χ1n) is 6.57. The Bertz CT molecular complexity index is 372. The van der Waals surface area contributed by atoms with Crippen molar-refractivity contribution in [3.63, 3.8) is 0 Å². The molecule has 1 heterocycles. The fourth-order valence-corrected chi connectivity index (χ4v) is 2.45. The topological polar surface area (TPSA) is 57.6 Å². The first-order chi connectivity index (χ1) is 9.01. The summed E-state index contributed by atoms with van der Waals surface area (Å²) in [6.07, 6.45) is -4.45. The van der Waals surface area contributed by atoms with Crippen LogP contribution in [0.5, 0.6) is 0 Å². The Hall–Kier alpha value is -1.27. The quantitative estimate of drug-likeness (QED) is 0.867. The summed E-state index contributed by atoms with van der Waals surface area (Å²) in [7, 11) is 0. The fraction of sp³-hybridized carbons (Fsp3) is 0.846. The second kappa shape index (κ2) is 6.01. The van der Waals surface area contributed by atoms with Gasteiger partial charge < -0.3 is 10.0 Å². The maximum atomic E-state index is 12.5. The van der Waals surface area contributed by atoms with Gasteiger partial charge in [0.25, 0.3) is 0 Å². The molecule has 0 radical (unpaired) electrons. The monoisotopic (exact) mass is 295 g/mol. The summed E-state index contributed by atoms with van der Waals surface area (Å²) in [5.74, 6) is -2.59. The van der Waals surface area contributed by atoms with Crippen molar-refractivity contribution < 1.29 is 27.9 Å². The molecule has 1 aliphatic rings. The van der Waals surface area contributed by atoms with Gasteiger partial charge >= 0.3 is 12.1 Å². The van der Waals surface area contributed by atoms with E-state index in [4.69, 9.17) is 5.11 Å². The van der Waals surface area contributed by atoms with Gasteiger partial charge in [0.05, 0.1) is 12.3 Å². The number of hydrogen-bond donors (Lipinski definition) is 1. The predicted molar refractivity (Wildman–Crippen MR) is 66.0 cm³/mol. The van der Waals surface area contributed by atoms with Crippen LogP contribution in [-0.4, -0.2) is 41.1 Å². The molecule has 1 N–H and O–H groups in total. The second-order valence-corrected chi connectivity index (χ2v) is 6.11. The van der Waals surface area contributed by atoms with Crippen molar-refractivity contribution in [1.29, 1.82) is 0 Å². The number of aliphatic carboxylic acids is 1. The number of amides is 1. The molecule has 1 rings (SSSR count). The van der Waals surface area contributed by atoms with Crippen molar-refractivity contribution in [1.82, 2.24) is 4.90 Å². The number of likely N-dealkylation sites (tertiary alicyclic amines) is 1. The van der Waals surface area contributed by atoms with E-state index in [0.717, 1.165) is 0 Å². The number of rotatable bonds is 4. The molecule has 0 aromatic rings. The Morgan fingerprint density at radius 2 is 1.65 bits per heavy atom. The summed E-state index contributed by atoms with van der Waals surface area (Å²) in [5, 5.41) is 8.75. The molecule has 0 aliphatic carbocycles. The number of hydrogen-bond acceptors (Lipinski definition) is 2. The second-order valence-electron chi connectivity index (χ2n) is 6.11. The normalized spacial score (nSPS) is 18.1. The van der Waals surface area contributed by atoms with Crippen LogP contribution in [0.25, 0.3) is 0 Å². The molecule has 0 bridgehead atoms. The Balaban J connectivity index is 2.49. The highest BCUT2D eigenvalue weighted by atomic mass is 19.4. The SMILES string of the molecule is CC(C)(CC(=O)O)CC(=O)N1CCC(C(F)(F)F)CC1. The number of carbonyl (C=O) groups excluding carboxylic acids is 1. The number of carboxylic acids is 1. The zero-order valence-corrected chi connectivity index (χ0v) is 11.7. The van der Waals surface area contributed by atoms with Crippen LogP contribution in [0.3, 0.4) is 0 Å². The van der Waals surface area contributed by atoms with Crippen LogP contribution in [0.2, 0.25) is 0 Å². The van der Waals surface area contributed by atoms with Crippen LogP contribution in [0.4, 0.5) is 13.2 Å². The van der Waals surface area contributed by atoms with Crippen molar-refractivity contribution in [3.05, 3.63) is 0 Å². The molecular formula is C13H20F3NO3. The van der Waals surface area contributed by atoms with E-state index in [2.05, 4.69) is 0 Å². The maximum absolute atomic E-state index is 12.5. The predicted octanol–water partition coefficient (Wildman–Crippen LogP) is 2.68. The zero-order chi connectivity index (χ0) is 15.6. The average molecular weight is 295 g/mol. The van der Waals surface area contributed by atoms with E-state index in [1.165, 1.54) is 4.90 Å². The minimum Gasteiger partial charge on any atom is -0.481 e. The lowest BCUT2D eigenvalue weighted by Gasteiger charge is -2.34. The maximum Gasteiger partial charge on any atom is 0.391 e. The molecule has 1 aliphatic heterocycles. The van der Waals surface area contributed by atoms with Crippen molar-refractivity contribution in [2.24, 2.45) is 11.3 Å². The molecule has 0 spiro atoms. The summed E-state index contributed by atoms with van der Waals surface area (Å²) < 4.78 is 37.5. The minimum atomic E-state index is -4.20. The number of piperidine rings is 1. The van der Waals surface area contributed by atoms with E-state index in [1.807, 2.05) is 0 Å². The molecule has 0 saturated carbocycles. The van der Waals surface area contributed by atoms with Gasteiger partial charge in [-0.15, -0.1) is 0 Å². The molecule has 0 unspecified atom stereocenters. The molecular weight excluding hydrogens is 275 g/mol. The molecule has 0 atom stereocenters. The van der Waals surface area contributed by atoms with E-state index in [0.29, 0.717) is 0 Å². The van der Waals surface area contributed by atoms with Gasteiger partial charge in [-0.3, -0.25) is 9.59 Å². The Morgan fingerprint density at radius 3 is 2.05 bits per heavy atom. The van der Waals surface area contributed by atoms with Crippen molar-refractivity contribution >= 4 is 11.9 Å². The van der Waals surface area contributed by atoms with Crippen LogP contribution in [0.15, 0.2) is 0 Å². The largest absolute Gasteiger partial charge is 0.481 e. The van der Waals surface area contributed by atoms with E-state index in [1.54, 1.807) is 13.8 Å². The molecule has 1 amide bonds. The first kappa shape index (κ1) is 16.8. The number of alkyl halides is 3. The van der Waals surface area contributed by atoms with Gasteiger partial charge in [0.15, 0.2) is 0 Å². The summed E-state index contributed by atoms with van der Waals surface area (Å²) in [5.41, 5.74) is -0.691. The first-order valence-corrected chi connectivity index (χ1v) is 6.57. The molecule has 116 valence electrons. The highest BCUT2D eigenvalue weighted by molar-refractivity contribution is 5.78. The third-order valence-corrected chi connectivity index (χ3v) is 3.57. The Labute approximate surface area is 115 Å². The van der Waals surface area contributed by atoms with Gasteiger partial charge in [0, 0.05) is 19.5 Å². The standard InChI is InChI=1S/C13H20F3NO3/c1-12(2,8-11(19)20)7-10(18)17-5-3-9(4-6-17)13(14,15)16/h9H,3-8H2,1-2H3,(H,19,20). The van der Waals surface area contributed by atoms with Crippen LogP contribution in [-0.2, 0) is 9.59 Å². The molecule has 0 aromatic heterocycles. The van der Waals surface area contributed by atoms with E-state index in [-0.39, 0.29) is 44.7 Å². The van der Waals surface area contributed by atoms with Crippen molar-refractivity contribution in [3.8, 4) is 0 Å². The van der Waals surface area contributed by atoms with Gasteiger partial charge in [-0.05, 0) is 18.3 Å². The van der Waals surface area contributed by atoms with Crippen LogP contribution in [0, 0.1) is 11.3 Å². The number of halogens is 3. The molecule has 20 heavy (non-hydrogen) atoms. The number of carboxylic acid groups (broad SMARTS) is 1. The van der Waals surface area contributed by atoms with Crippen molar-refractivity contribution in [2.75, 3.05) is 13.1 Å². The molecule has 1 saturated heterocycles. The zero-order valence-electron chi connectivity index (χ0n) is 11.7. The lowest BCUT2D eigenvalue weighted by molar-refractivity contribution is -0.186. The Kier molecular flexibility index (Phi) is 5.05. The fourth-order valence-electron chi connectivity index (χ4n) is 2.45. The van der Waals surface area contributed by atoms with Crippen LogP contribution in [0.1, 0.15) is 39.5 Å². The summed E-state index contributed by atoms with van der Waals surface area (Å²) in [6.45, 7) is 3.52. The lowest BCUT2D eigenvalue weighted by atomic mass is 9.84. The van der Waals surface area contributed by atoms with Crippen LogP contribution >= 0.6 is 0 Å².